The summed E-state index contributed by atoms with van der Waals surface area (Å²) < 4.78 is 2.37. The number of nitrogens with zero attached hydrogens (tertiary/aromatic N) is 2. The molecule has 0 spiro atoms. The Hall–Kier alpha value is -8.98. The molecular formula is C66H46N2. The van der Waals surface area contributed by atoms with Crippen molar-refractivity contribution in [3.63, 3.8) is 0 Å². The van der Waals surface area contributed by atoms with Crippen molar-refractivity contribution in [3.05, 3.63) is 279 Å². The van der Waals surface area contributed by atoms with Crippen LogP contribution in [0, 0.1) is 0 Å². The smallest absolute Gasteiger partial charge is 0.0546 e. The van der Waals surface area contributed by atoms with Gasteiger partial charge in [-0.15, -0.1) is 0 Å². The SMILES string of the molecule is c1ccc(-c2cccc(-c3ccc(N(c4ccc(-c5ccc(-n6c7ccccc7c7ccccc76)cc5)cc4)c4cccc(-c5ccccc5)c4-c4ccccc4-c4ccccc4)cc3)c2)cc1. The maximum absolute atomic E-state index is 2.43. The molecule has 0 radical (unpaired) electrons. The van der Waals surface area contributed by atoms with Crippen molar-refractivity contribution >= 4 is 38.9 Å². The highest BCUT2D eigenvalue weighted by Crippen LogP contribution is 2.48. The maximum atomic E-state index is 2.43. The molecule has 0 fully saturated rings. The molecule has 0 aliphatic rings. The standard InChI is InChI=1S/C66H46N2/c1-4-18-47(19-5-1)53-24-16-25-54(46-53)50-38-42-56(43-39-50)67(65-33-17-30-59(52-22-8-3-9-23-52)66(65)62-29-11-10-26-58(62)51-20-6-2-7-21-51)55-40-34-48(35-41-55)49-36-44-57(45-37-49)68-63-31-14-12-27-60(63)61-28-13-15-32-64(61)68/h1-46H. The van der Waals surface area contributed by atoms with Crippen LogP contribution in [0.25, 0.3) is 94.3 Å². The monoisotopic (exact) mass is 866 g/mol. The number of para-hydroxylation sites is 2. The molecule has 0 amide bonds. The molecule has 12 rings (SSSR count). The van der Waals surface area contributed by atoms with Crippen molar-refractivity contribution in [3.8, 4) is 72.4 Å². The minimum absolute atomic E-state index is 1.07. The molecule has 0 saturated carbocycles. The van der Waals surface area contributed by atoms with Crippen LogP contribution in [0.5, 0.6) is 0 Å². The van der Waals surface area contributed by atoms with E-state index >= 15 is 0 Å². The molecule has 12 aromatic rings. The van der Waals surface area contributed by atoms with E-state index in [1.54, 1.807) is 0 Å². The van der Waals surface area contributed by atoms with E-state index in [0.717, 1.165) is 28.3 Å². The third kappa shape index (κ3) is 7.54. The van der Waals surface area contributed by atoms with Gasteiger partial charge in [0.2, 0.25) is 0 Å². The van der Waals surface area contributed by atoms with E-state index < -0.39 is 0 Å². The van der Waals surface area contributed by atoms with E-state index in [0.29, 0.717) is 0 Å². The summed E-state index contributed by atoms with van der Waals surface area (Å²) in [5.74, 6) is 0. The number of anilines is 3. The number of aromatic nitrogens is 1. The Labute approximate surface area is 397 Å². The molecule has 2 nitrogen and oxygen atoms in total. The largest absolute Gasteiger partial charge is 0.310 e. The third-order valence-electron chi connectivity index (χ3n) is 13.2. The van der Waals surface area contributed by atoms with Gasteiger partial charge in [-0.05, 0) is 122 Å². The lowest BCUT2D eigenvalue weighted by Gasteiger charge is -2.30. The van der Waals surface area contributed by atoms with Gasteiger partial charge >= 0.3 is 0 Å². The topological polar surface area (TPSA) is 8.17 Å². The first-order valence-electron chi connectivity index (χ1n) is 23.3. The number of hydrogen-bond donors (Lipinski definition) is 0. The first-order chi connectivity index (χ1) is 33.7. The second kappa shape index (κ2) is 17.8. The Morgan fingerprint density at radius 2 is 0.632 bits per heavy atom. The Morgan fingerprint density at radius 1 is 0.250 bits per heavy atom. The Morgan fingerprint density at radius 3 is 1.19 bits per heavy atom. The number of fused-ring (bicyclic) bond motifs is 3. The molecule has 320 valence electrons. The zero-order chi connectivity index (χ0) is 45.2. The zero-order valence-electron chi connectivity index (χ0n) is 37.5. The second-order valence-corrected chi connectivity index (χ2v) is 17.3. The van der Waals surface area contributed by atoms with Gasteiger partial charge in [0, 0.05) is 33.4 Å². The first kappa shape index (κ1) is 40.5. The number of benzene rings is 11. The molecule has 11 aromatic carbocycles. The Bertz CT molecular complexity index is 3630. The molecule has 0 aliphatic carbocycles. The van der Waals surface area contributed by atoms with E-state index in [-0.39, 0.29) is 0 Å². The summed E-state index contributed by atoms with van der Waals surface area (Å²) in [6.45, 7) is 0. The van der Waals surface area contributed by atoms with E-state index in [2.05, 4.69) is 289 Å². The lowest BCUT2D eigenvalue weighted by molar-refractivity contribution is 1.18. The van der Waals surface area contributed by atoms with Crippen molar-refractivity contribution in [2.45, 2.75) is 0 Å². The average molecular weight is 867 g/mol. The minimum Gasteiger partial charge on any atom is -0.310 e. The summed E-state index contributed by atoms with van der Waals surface area (Å²) in [4.78, 5) is 2.43. The molecule has 0 bridgehead atoms. The molecule has 0 atom stereocenters. The molecule has 0 N–H and O–H groups in total. The summed E-state index contributed by atoms with van der Waals surface area (Å²) in [6, 6.07) is 101. The molecule has 1 aromatic heterocycles. The molecule has 0 saturated heterocycles. The highest BCUT2D eigenvalue weighted by molar-refractivity contribution is 6.09. The van der Waals surface area contributed by atoms with Crippen LogP contribution in [-0.4, -0.2) is 4.57 Å². The summed E-state index contributed by atoms with van der Waals surface area (Å²) in [6.07, 6.45) is 0. The molecule has 1 heterocycles. The highest BCUT2D eigenvalue weighted by Gasteiger charge is 2.23. The lowest BCUT2D eigenvalue weighted by Crippen LogP contribution is -2.12. The molecule has 0 unspecified atom stereocenters. The normalized spacial score (nSPS) is 11.2. The Kier molecular flexibility index (Phi) is 10.6. The molecule has 0 aliphatic heterocycles. The van der Waals surface area contributed by atoms with Gasteiger partial charge in [-0.1, -0.05) is 218 Å². The fraction of sp³-hybridized carbons (Fsp3) is 0. The molecule has 2 heteroatoms. The van der Waals surface area contributed by atoms with Crippen molar-refractivity contribution in [2.24, 2.45) is 0 Å². The van der Waals surface area contributed by atoms with Gasteiger partial charge in [0.1, 0.15) is 0 Å². The van der Waals surface area contributed by atoms with Crippen molar-refractivity contribution in [1.82, 2.24) is 4.57 Å². The number of hydrogen-bond acceptors (Lipinski definition) is 1. The van der Waals surface area contributed by atoms with Gasteiger partial charge < -0.3 is 9.47 Å². The van der Waals surface area contributed by atoms with Crippen LogP contribution in [-0.2, 0) is 0 Å². The van der Waals surface area contributed by atoms with Crippen LogP contribution in [0.4, 0.5) is 17.1 Å². The van der Waals surface area contributed by atoms with Crippen LogP contribution in [0.1, 0.15) is 0 Å². The summed E-state index contributed by atoms with van der Waals surface area (Å²) in [5.41, 5.74) is 20.9. The van der Waals surface area contributed by atoms with Crippen LogP contribution in [0.2, 0.25) is 0 Å². The molecule has 68 heavy (non-hydrogen) atoms. The molecular weight excluding hydrogens is 821 g/mol. The summed E-state index contributed by atoms with van der Waals surface area (Å²) >= 11 is 0. The first-order valence-corrected chi connectivity index (χ1v) is 23.3. The van der Waals surface area contributed by atoms with Crippen molar-refractivity contribution < 1.29 is 0 Å². The number of rotatable bonds is 10. The van der Waals surface area contributed by atoms with Crippen molar-refractivity contribution in [2.75, 3.05) is 4.90 Å². The van der Waals surface area contributed by atoms with Crippen molar-refractivity contribution in [1.29, 1.82) is 0 Å². The fourth-order valence-electron chi connectivity index (χ4n) is 9.98. The van der Waals surface area contributed by atoms with Gasteiger partial charge in [-0.2, -0.15) is 0 Å². The quantitative estimate of drug-likeness (QED) is 0.133. The van der Waals surface area contributed by atoms with Crippen LogP contribution in [0.3, 0.4) is 0 Å². The van der Waals surface area contributed by atoms with E-state index in [4.69, 9.17) is 0 Å². The fourth-order valence-corrected chi connectivity index (χ4v) is 9.98. The predicted molar refractivity (Wildman–Crippen MR) is 288 cm³/mol. The maximum Gasteiger partial charge on any atom is 0.0546 e. The van der Waals surface area contributed by atoms with Crippen LogP contribution < -0.4 is 4.90 Å². The van der Waals surface area contributed by atoms with E-state index in [9.17, 15) is 0 Å². The highest BCUT2D eigenvalue weighted by atomic mass is 15.1. The minimum atomic E-state index is 1.07. The lowest BCUT2D eigenvalue weighted by atomic mass is 9.87. The van der Waals surface area contributed by atoms with Gasteiger partial charge in [-0.3, -0.25) is 0 Å². The zero-order valence-corrected chi connectivity index (χ0v) is 37.5. The van der Waals surface area contributed by atoms with Crippen LogP contribution >= 0.6 is 0 Å². The second-order valence-electron chi connectivity index (χ2n) is 17.3. The van der Waals surface area contributed by atoms with E-state index in [1.807, 2.05) is 0 Å². The average Bonchev–Trinajstić information content (AvgIpc) is 3.76. The van der Waals surface area contributed by atoms with E-state index in [1.165, 1.54) is 83.0 Å². The van der Waals surface area contributed by atoms with Gasteiger partial charge in [0.15, 0.2) is 0 Å². The van der Waals surface area contributed by atoms with Gasteiger partial charge in [0.25, 0.3) is 0 Å². The third-order valence-corrected chi connectivity index (χ3v) is 13.2. The van der Waals surface area contributed by atoms with Gasteiger partial charge in [0.05, 0.1) is 16.7 Å². The predicted octanol–water partition coefficient (Wildman–Crippen LogP) is 18.3. The Balaban J connectivity index is 0.990. The summed E-state index contributed by atoms with van der Waals surface area (Å²) in [5, 5.41) is 2.53. The summed E-state index contributed by atoms with van der Waals surface area (Å²) in [7, 11) is 0. The van der Waals surface area contributed by atoms with Gasteiger partial charge in [-0.25, -0.2) is 0 Å². The van der Waals surface area contributed by atoms with Crippen LogP contribution in [0.15, 0.2) is 279 Å².